The Kier molecular flexibility index (Phi) is 2.55. The fourth-order valence-electron chi connectivity index (χ4n) is 2.27. The molecule has 82 valence electrons. The van der Waals surface area contributed by atoms with Crippen LogP contribution in [0, 0.1) is 0 Å². The van der Waals surface area contributed by atoms with Crippen molar-refractivity contribution < 1.29 is 13.9 Å². The third-order valence-corrected chi connectivity index (χ3v) is 3.19. The quantitative estimate of drug-likeness (QED) is 0.701. The van der Waals surface area contributed by atoms with E-state index in [4.69, 9.17) is 9.15 Å². The summed E-state index contributed by atoms with van der Waals surface area (Å²) in [5, 5.41) is 0. The third kappa shape index (κ3) is 1.56. The Morgan fingerprint density at radius 2 is 2.40 bits per heavy atom. The number of ether oxygens (including phenoxy) is 1. The number of carbonyl (C=O) groups is 1. The molecule has 0 saturated carbocycles. The molecule has 0 spiro atoms. The summed E-state index contributed by atoms with van der Waals surface area (Å²) in [7, 11) is 0. The molecule has 0 amide bonds. The highest BCUT2D eigenvalue weighted by atomic mass is 16.5. The summed E-state index contributed by atoms with van der Waals surface area (Å²) in [5.74, 6) is -0.132. The number of esters is 1. The highest BCUT2D eigenvalue weighted by molar-refractivity contribution is 5.83. The van der Waals surface area contributed by atoms with Crippen molar-refractivity contribution in [2.24, 2.45) is 0 Å². The van der Waals surface area contributed by atoms with E-state index in [1.807, 2.05) is 13.8 Å². The van der Waals surface area contributed by atoms with Gasteiger partial charge in [0.25, 0.3) is 0 Å². The summed E-state index contributed by atoms with van der Waals surface area (Å²) >= 11 is 0. The molecule has 0 bridgehead atoms. The lowest BCUT2D eigenvalue weighted by Crippen LogP contribution is -2.37. The Bertz CT molecular complexity index is 367. The molecule has 0 aromatic carbocycles. The van der Waals surface area contributed by atoms with Crippen LogP contribution < -0.4 is 0 Å². The molecule has 0 aliphatic heterocycles. The van der Waals surface area contributed by atoms with Crippen molar-refractivity contribution >= 4 is 5.97 Å². The molecule has 0 fully saturated rings. The van der Waals surface area contributed by atoms with E-state index in [0.29, 0.717) is 6.61 Å². The van der Waals surface area contributed by atoms with Gasteiger partial charge in [0.15, 0.2) is 0 Å². The fourth-order valence-corrected chi connectivity index (χ4v) is 2.27. The monoisotopic (exact) mass is 208 g/mol. The number of fused-ring (bicyclic) bond motifs is 1. The van der Waals surface area contributed by atoms with Crippen molar-refractivity contribution in [2.75, 3.05) is 6.61 Å². The minimum Gasteiger partial charge on any atom is -0.472 e. The van der Waals surface area contributed by atoms with Crippen LogP contribution in [0.5, 0.6) is 0 Å². The Morgan fingerprint density at radius 3 is 3.13 bits per heavy atom. The highest BCUT2D eigenvalue weighted by Crippen LogP contribution is 2.38. The molecule has 1 atom stereocenters. The standard InChI is InChI=1S/C12H16O3/c1-3-15-11(13)12(2)6-4-5-9-7-14-8-10(9)12/h7-8H,3-6H2,1-2H3. The normalized spacial score (nSPS) is 24.7. The first-order valence-corrected chi connectivity index (χ1v) is 5.41. The Morgan fingerprint density at radius 1 is 1.60 bits per heavy atom. The van der Waals surface area contributed by atoms with Gasteiger partial charge >= 0.3 is 5.97 Å². The molecule has 0 saturated heterocycles. The molecular weight excluding hydrogens is 192 g/mol. The van der Waals surface area contributed by atoms with Gasteiger partial charge in [0.1, 0.15) is 0 Å². The van der Waals surface area contributed by atoms with Crippen molar-refractivity contribution in [3.05, 3.63) is 23.7 Å². The van der Waals surface area contributed by atoms with Gasteiger partial charge in [-0.05, 0) is 38.7 Å². The molecule has 1 aliphatic rings. The maximum Gasteiger partial charge on any atom is 0.316 e. The largest absolute Gasteiger partial charge is 0.472 e. The molecule has 0 radical (unpaired) electrons. The maximum atomic E-state index is 11.9. The molecule has 1 unspecified atom stereocenters. The van der Waals surface area contributed by atoms with Gasteiger partial charge in [-0.2, -0.15) is 0 Å². The minimum absolute atomic E-state index is 0.132. The molecule has 2 rings (SSSR count). The lowest BCUT2D eigenvalue weighted by atomic mass is 9.73. The van der Waals surface area contributed by atoms with Gasteiger partial charge < -0.3 is 9.15 Å². The smallest absolute Gasteiger partial charge is 0.316 e. The second kappa shape index (κ2) is 3.72. The first kappa shape index (κ1) is 10.3. The molecule has 15 heavy (non-hydrogen) atoms. The number of furan rings is 1. The average Bonchev–Trinajstić information content (AvgIpc) is 2.68. The lowest BCUT2D eigenvalue weighted by Gasteiger charge is -2.30. The number of hydrogen-bond acceptors (Lipinski definition) is 3. The molecule has 1 aromatic heterocycles. The summed E-state index contributed by atoms with van der Waals surface area (Å²) in [6.07, 6.45) is 6.29. The molecule has 3 heteroatoms. The van der Waals surface area contributed by atoms with E-state index >= 15 is 0 Å². The van der Waals surface area contributed by atoms with E-state index in [1.54, 1.807) is 12.5 Å². The van der Waals surface area contributed by atoms with Gasteiger partial charge in [-0.25, -0.2) is 0 Å². The molecule has 0 N–H and O–H groups in total. The molecule has 1 aromatic rings. The van der Waals surface area contributed by atoms with Crippen molar-refractivity contribution in [3.8, 4) is 0 Å². The second-order valence-electron chi connectivity index (χ2n) is 4.22. The Hall–Kier alpha value is -1.25. The first-order valence-electron chi connectivity index (χ1n) is 5.41. The van der Waals surface area contributed by atoms with Crippen LogP contribution in [-0.2, 0) is 21.4 Å². The van der Waals surface area contributed by atoms with E-state index in [0.717, 1.165) is 30.4 Å². The van der Waals surface area contributed by atoms with Gasteiger partial charge in [0.05, 0.1) is 24.5 Å². The van der Waals surface area contributed by atoms with Gasteiger partial charge in [-0.1, -0.05) is 0 Å². The number of aryl methyl sites for hydroxylation is 1. The second-order valence-corrected chi connectivity index (χ2v) is 4.22. The Labute approximate surface area is 89.4 Å². The SMILES string of the molecule is CCOC(=O)C1(C)CCCc2cocc21. The van der Waals surface area contributed by atoms with Crippen LogP contribution in [0.25, 0.3) is 0 Å². The summed E-state index contributed by atoms with van der Waals surface area (Å²) in [5.41, 5.74) is 1.65. The Balaban J connectivity index is 2.34. The zero-order chi connectivity index (χ0) is 10.9. The molecule has 3 nitrogen and oxygen atoms in total. The summed E-state index contributed by atoms with van der Waals surface area (Å²) in [6.45, 7) is 4.21. The van der Waals surface area contributed by atoms with Gasteiger partial charge in [-0.3, -0.25) is 4.79 Å². The van der Waals surface area contributed by atoms with E-state index < -0.39 is 5.41 Å². The van der Waals surface area contributed by atoms with Crippen LogP contribution in [0.2, 0.25) is 0 Å². The summed E-state index contributed by atoms with van der Waals surface area (Å²) < 4.78 is 10.3. The lowest BCUT2D eigenvalue weighted by molar-refractivity contribution is -0.150. The number of rotatable bonds is 2. The predicted molar refractivity (Wildman–Crippen MR) is 55.6 cm³/mol. The zero-order valence-electron chi connectivity index (χ0n) is 9.21. The fraction of sp³-hybridized carbons (Fsp3) is 0.583. The molecule has 1 heterocycles. The third-order valence-electron chi connectivity index (χ3n) is 3.19. The van der Waals surface area contributed by atoms with Crippen LogP contribution in [0.4, 0.5) is 0 Å². The average molecular weight is 208 g/mol. The van der Waals surface area contributed by atoms with E-state index in [2.05, 4.69) is 0 Å². The number of hydrogen-bond donors (Lipinski definition) is 0. The summed E-state index contributed by atoms with van der Waals surface area (Å²) in [4.78, 5) is 11.9. The van der Waals surface area contributed by atoms with E-state index in [9.17, 15) is 4.79 Å². The van der Waals surface area contributed by atoms with Gasteiger partial charge in [0, 0.05) is 5.56 Å². The van der Waals surface area contributed by atoms with Crippen molar-refractivity contribution in [1.29, 1.82) is 0 Å². The van der Waals surface area contributed by atoms with Gasteiger partial charge in [0.2, 0.25) is 0 Å². The van der Waals surface area contributed by atoms with E-state index in [-0.39, 0.29) is 5.97 Å². The topological polar surface area (TPSA) is 39.4 Å². The van der Waals surface area contributed by atoms with Crippen LogP contribution >= 0.6 is 0 Å². The van der Waals surface area contributed by atoms with Crippen molar-refractivity contribution in [1.82, 2.24) is 0 Å². The number of carbonyl (C=O) groups excluding carboxylic acids is 1. The zero-order valence-corrected chi connectivity index (χ0v) is 9.21. The van der Waals surface area contributed by atoms with Crippen LogP contribution in [-0.4, -0.2) is 12.6 Å². The van der Waals surface area contributed by atoms with Crippen molar-refractivity contribution in [3.63, 3.8) is 0 Å². The molecule has 1 aliphatic carbocycles. The van der Waals surface area contributed by atoms with Crippen LogP contribution in [0.1, 0.15) is 37.8 Å². The predicted octanol–water partition coefficient (Wildman–Crippen LogP) is 2.44. The first-order chi connectivity index (χ1) is 7.18. The van der Waals surface area contributed by atoms with Crippen LogP contribution in [0.15, 0.2) is 16.9 Å². The van der Waals surface area contributed by atoms with Crippen molar-refractivity contribution in [2.45, 2.75) is 38.5 Å². The van der Waals surface area contributed by atoms with E-state index in [1.165, 1.54) is 0 Å². The van der Waals surface area contributed by atoms with Crippen LogP contribution in [0.3, 0.4) is 0 Å². The highest BCUT2D eigenvalue weighted by Gasteiger charge is 2.41. The molecular formula is C12H16O3. The minimum atomic E-state index is -0.503. The maximum absolute atomic E-state index is 11.9. The summed E-state index contributed by atoms with van der Waals surface area (Å²) in [6, 6.07) is 0. The van der Waals surface area contributed by atoms with Gasteiger partial charge in [-0.15, -0.1) is 0 Å².